The van der Waals surface area contributed by atoms with Crippen LogP contribution in [0, 0.1) is 18.3 Å². The number of aromatic nitrogens is 2. The number of aryl methyl sites for hydroxylation is 1. The molecule has 174 valence electrons. The van der Waals surface area contributed by atoms with Gasteiger partial charge < -0.3 is 14.5 Å². The standard InChI is InChI=1S/C27H30N6O/c1-19-12-22(7-10-29-19)33-11-8-27(33)17-31(18-27)15-23-16-32(14-20(2)34-23)25-6-5-21(13-28)26-24(25)4-3-9-30-26/h3-7,9-10,12,20,23H,8,11,14-18H2,1-2H3. The molecule has 2 aromatic heterocycles. The molecule has 0 N–H and O–H groups in total. The maximum atomic E-state index is 9.49. The third-order valence-electron chi connectivity index (χ3n) is 7.60. The summed E-state index contributed by atoms with van der Waals surface area (Å²) in [5.74, 6) is 0. The van der Waals surface area contributed by atoms with E-state index in [2.05, 4.69) is 68.8 Å². The second kappa shape index (κ2) is 8.23. The summed E-state index contributed by atoms with van der Waals surface area (Å²) in [5, 5.41) is 10.5. The molecule has 3 saturated heterocycles. The lowest BCUT2D eigenvalue weighted by Crippen LogP contribution is -2.78. The van der Waals surface area contributed by atoms with E-state index >= 15 is 0 Å². The van der Waals surface area contributed by atoms with Crippen molar-refractivity contribution >= 4 is 22.3 Å². The van der Waals surface area contributed by atoms with Crippen molar-refractivity contribution in [1.29, 1.82) is 5.26 Å². The van der Waals surface area contributed by atoms with Crippen molar-refractivity contribution in [2.24, 2.45) is 0 Å². The van der Waals surface area contributed by atoms with Crippen molar-refractivity contribution < 1.29 is 4.74 Å². The van der Waals surface area contributed by atoms with Gasteiger partial charge in [-0.15, -0.1) is 0 Å². The Kier molecular flexibility index (Phi) is 5.16. The van der Waals surface area contributed by atoms with Gasteiger partial charge in [0, 0.05) is 74.1 Å². The number of pyridine rings is 2. The number of fused-ring (bicyclic) bond motifs is 1. The first-order chi connectivity index (χ1) is 16.5. The Bertz CT molecular complexity index is 1260. The van der Waals surface area contributed by atoms with Crippen molar-refractivity contribution in [3.63, 3.8) is 0 Å². The summed E-state index contributed by atoms with van der Waals surface area (Å²) < 4.78 is 6.38. The van der Waals surface area contributed by atoms with Gasteiger partial charge in [0.05, 0.1) is 28.8 Å². The maximum absolute atomic E-state index is 9.49. The number of rotatable bonds is 4. The van der Waals surface area contributed by atoms with Crippen LogP contribution in [0.4, 0.5) is 11.4 Å². The van der Waals surface area contributed by atoms with Crippen molar-refractivity contribution in [3.05, 3.63) is 60.0 Å². The fourth-order valence-electron chi connectivity index (χ4n) is 6.04. The summed E-state index contributed by atoms with van der Waals surface area (Å²) in [7, 11) is 0. The van der Waals surface area contributed by atoms with Gasteiger partial charge in [0.1, 0.15) is 6.07 Å². The normalized spacial score (nSPS) is 24.0. The molecule has 3 fully saturated rings. The van der Waals surface area contributed by atoms with E-state index in [1.165, 1.54) is 12.1 Å². The van der Waals surface area contributed by atoms with Crippen molar-refractivity contribution in [1.82, 2.24) is 14.9 Å². The second-order valence-electron chi connectivity index (χ2n) is 10.1. The highest BCUT2D eigenvalue weighted by atomic mass is 16.5. The zero-order valence-electron chi connectivity index (χ0n) is 19.8. The molecule has 2 atom stereocenters. The Morgan fingerprint density at radius 2 is 2.03 bits per heavy atom. The molecule has 1 spiro atoms. The van der Waals surface area contributed by atoms with E-state index < -0.39 is 0 Å². The Morgan fingerprint density at radius 1 is 1.15 bits per heavy atom. The molecule has 1 aromatic carbocycles. The highest BCUT2D eigenvalue weighted by Crippen LogP contribution is 2.42. The molecule has 0 radical (unpaired) electrons. The van der Waals surface area contributed by atoms with Crippen LogP contribution >= 0.6 is 0 Å². The third-order valence-corrected chi connectivity index (χ3v) is 7.60. The number of nitrogens with zero attached hydrogens (tertiary/aromatic N) is 6. The summed E-state index contributed by atoms with van der Waals surface area (Å²) in [5.41, 5.74) is 5.19. The molecule has 34 heavy (non-hydrogen) atoms. The topological polar surface area (TPSA) is 68.5 Å². The van der Waals surface area contributed by atoms with Crippen LogP contribution < -0.4 is 9.80 Å². The largest absolute Gasteiger partial charge is 0.370 e. The average molecular weight is 455 g/mol. The molecule has 2 unspecified atom stereocenters. The average Bonchev–Trinajstić information content (AvgIpc) is 2.79. The van der Waals surface area contributed by atoms with Gasteiger partial charge >= 0.3 is 0 Å². The van der Waals surface area contributed by atoms with E-state index in [0.717, 1.165) is 61.6 Å². The number of benzene rings is 1. The molecule has 3 aromatic rings. The molecule has 0 aliphatic carbocycles. The molecule has 7 nitrogen and oxygen atoms in total. The van der Waals surface area contributed by atoms with Crippen molar-refractivity contribution in [3.8, 4) is 6.07 Å². The van der Waals surface area contributed by atoms with Gasteiger partial charge in [0.15, 0.2) is 0 Å². The number of morpholine rings is 1. The van der Waals surface area contributed by atoms with E-state index in [4.69, 9.17) is 4.74 Å². The molecule has 0 saturated carbocycles. The predicted molar refractivity (Wildman–Crippen MR) is 133 cm³/mol. The summed E-state index contributed by atoms with van der Waals surface area (Å²) in [6.45, 7) is 10.1. The maximum Gasteiger partial charge on any atom is 0.101 e. The first-order valence-corrected chi connectivity index (χ1v) is 12.2. The zero-order valence-corrected chi connectivity index (χ0v) is 19.8. The first kappa shape index (κ1) is 21.3. The van der Waals surface area contributed by atoms with E-state index in [1.807, 2.05) is 18.3 Å². The lowest BCUT2D eigenvalue weighted by Gasteiger charge is -2.64. The van der Waals surface area contributed by atoms with Gasteiger partial charge in [0.25, 0.3) is 0 Å². The van der Waals surface area contributed by atoms with Gasteiger partial charge in [-0.2, -0.15) is 5.26 Å². The van der Waals surface area contributed by atoms with Crippen molar-refractivity contribution in [2.45, 2.75) is 38.0 Å². The Balaban J connectivity index is 1.15. The molecule has 3 aliphatic heterocycles. The minimum Gasteiger partial charge on any atom is -0.370 e. The minimum atomic E-state index is 0.149. The molecular formula is C27H30N6O. The lowest BCUT2D eigenvalue weighted by atomic mass is 9.76. The number of likely N-dealkylation sites (tertiary alicyclic amines) is 1. The quantitative estimate of drug-likeness (QED) is 0.599. The number of anilines is 2. The van der Waals surface area contributed by atoms with Crippen LogP contribution in [0.15, 0.2) is 48.8 Å². The summed E-state index contributed by atoms with van der Waals surface area (Å²) in [6.07, 6.45) is 5.23. The van der Waals surface area contributed by atoms with Crippen LogP contribution in [0.25, 0.3) is 10.9 Å². The lowest BCUT2D eigenvalue weighted by molar-refractivity contribution is -0.0631. The van der Waals surface area contributed by atoms with Crippen LogP contribution in [-0.2, 0) is 4.74 Å². The molecule has 6 rings (SSSR count). The molecule has 0 amide bonds. The second-order valence-corrected chi connectivity index (χ2v) is 10.1. The smallest absolute Gasteiger partial charge is 0.101 e. The molecule has 5 heterocycles. The van der Waals surface area contributed by atoms with Gasteiger partial charge in [-0.25, -0.2) is 0 Å². The summed E-state index contributed by atoms with van der Waals surface area (Å²) >= 11 is 0. The first-order valence-electron chi connectivity index (χ1n) is 12.2. The summed E-state index contributed by atoms with van der Waals surface area (Å²) in [6, 6.07) is 14.6. The highest BCUT2D eigenvalue weighted by molar-refractivity contribution is 5.95. The highest BCUT2D eigenvalue weighted by Gasteiger charge is 2.53. The van der Waals surface area contributed by atoms with Gasteiger partial charge in [-0.1, -0.05) is 0 Å². The van der Waals surface area contributed by atoms with E-state index in [9.17, 15) is 5.26 Å². The van der Waals surface area contributed by atoms with Crippen molar-refractivity contribution in [2.75, 3.05) is 49.1 Å². The van der Waals surface area contributed by atoms with Crippen LogP contribution in [0.3, 0.4) is 0 Å². The molecule has 0 bridgehead atoms. The molecular weight excluding hydrogens is 424 g/mol. The van der Waals surface area contributed by atoms with Crippen LogP contribution in [0.5, 0.6) is 0 Å². The zero-order chi connectivity index (χ0) is 23.3. The van der Waals surface area contributed by atoms with Crippen LogP contribution in [-0.4, -0.2) is 71.9 Å². The van der Waals surface area contributed by atoms with Gasteiger partial charge in [0.2, 0.25) is 0 Å². The van der Waals surface area contributed by atoms with E-state index in [0.29, 0.717) is 5.56 Å². The monoisotopic (exact) mass is 454 g/mol. The number of nitriles is 1. The van der Waals surface area contributed by atoms with E-state index in [-0.39, 0.29) is 17.7 Å². The predicted octanol–water partition coefficient (Wildman–Crippen LogP) is 3.37. The fourth-order valence-corrected chi connectivity index (χ4v) is 6.04. The Morgan fingerprint density at radius 3 is 2.79 bits per heavy atom. The summed E-state index contributed by atoms with van der Waals surface area (Å²) in [4.78, 5) is 16.4. The Hall–Kier alpha value is -3.21. The SMILES string of the molecule is Cc1cc(N2CCC23CN(CC2CN(c4ccc(C#N)c5ncccc45)CC(C)O2)C3)ccn1. The minimum absolute atomic E-state index is 0.149. The molecule has 7 heteroatoms. The Labute approximate surface area is 200 Å². The van der Waals surface area contributed by atoms with Crippen LogP contribution in [0.2, 0.25) is 0 Å². The van der Waals surface area contributed by atoms with Gasteiger partial charge in [-0.05, 0) is 56.7 Å². The van der Waals surface area contributed by atoms with Gasteiger partial charge in [-0.3, -0.25) is 14.9 Å². The number of hydrogen-bond donors (Lipinski definition) is 0. The van der Waals surface area contributed by atoms with E-state index in [1.54, 1.807) is 6.20 Å². The van der Waals surface area contributed by atoms with Crippen LogP contribution in [0.1, 0.15) is 24.6 Å². The number of hydrogen-bond acceptors (Lipinski definition) is 7. The fraction of sp³-hybridized carbons (Fsp3) is 0.444. The number of ether oxygens (including phenoxy) is 1. The molecule has 3 aliphatic rings. The third kappa shape index (κ3) is 3.58.